The van der Waals surface area contributed by atoms with Gasteiger partial charge in [0.1, 0.15) is 17.6 Å². The Balaban J connectivity index is 1.59. The number of hydrogen-bond donors (Lipinski definition) is 2. The fourth-order valence-electron chi connectivity index (χ4n) is 3.17. The molecule has 1 aromatic carbocycles. The van der Waals surface area contributed by atoms with Gasteiger partial charge in [0.15, 0.2) is 11.7 Å². The molecule has 1 saturated heterocycles. The van der Waals surface area contributed by atoms with Crippen molar-refractivity contribution in [2.75, 3.05) is 32.7 Å². The molecule has 1 aliphatic heterocycles. The zero-order valence-corrected chi connectivity index (χ0v) is 14.2. The van der Waals surface area contributed by atoms with Crippen molar-refractivity contribution in [3.8, 4) is 11.5 Å². The molecule has 1 aromatic rings. The molecule has 0 bridgehead atoms. The molecule has 132 valence electrons. The Morgan fingerprint density at radius 2 is 2.12 bits per heavy atom. The number of rotatable bonds is 5. The van der Waals surface area contributed by atoms with Gasteiger partial charge in [0.2, 0.25) is 0 Å². The van der Waals surface area contributed by atoms with E-state index in [1.54, 1.807) is 14.2 Å². The van der Waals surface area contributed by atoms with Crippen molar-refractivity contribution >= 4 is 11.6 Å². The summed E-state index contributed by atoms with van der Waals surface area (Å²) in [6.07, 6.45) is 4.23. The average Bonchev–Trinajstić information content (AvgIpc) is 3.23. The standard InChI is InChI=1S/C17H25N3O4/c1-21-12-5-6-15(22-2)14(9-12)20-16(18)19-10-13-11-23-17(24-13)7-3-4-8-17/h5-6,9,13H,3-4,7-8,10-11H2,1-2H3,(H3,18,19,20). The number of nitrogens with one attached hydrogen (secondary N) is 1. The van der Waals surface area contributed by atoms with Gasteiger partial charge >= 0.3 is 0 Å². The lowest BCUT2D eigenvalue weighted by Crippen LogP contribution is -2.28. The van der Waals surface area contributed by atoms with Crippen LogP contribution < -0.4 is 20.5 Å². The van der Waals surface area contributed by atoms with E-state index in [1.807, 2.05) is 18.2 Å². The highest BCUT2D eigenvalue weighted by Gasteiger charge is 2.43. The summed E-state index contributed by atoms with van der Waals surface area (Å²) in [5, 5.41) is 3.05. The van der Waals surface area contributed by atoms with Gasteiger partial charge in [-0.05, 0) is 25.0 Å². The van der Waals surface area contributed by atoms with Gasteiger partial charge in [0.05, 0.1) is 33.1 Å². The number of benzene rings is 1. The highest BCUT2D eigenvalue weighted by molar-refractivity contribution is 5.94. The Morgan fingerprint density at radius 3 is 2.83 bits per heavy atom. The summed E-state index contributed by atoms with van der Waals surface area (Å²) in [7, 11) is 3.21. The first-order chi connectivity index (χ1) is 11.6. The van der Waals surface area contributed by atoms with Crippen molar-refractivity contribution in [1.29, 1.82) is 0 Å². The van der Waals surface area contributed by atoms with Crippen LogP contribution in [0.3, 0.4) is 0 Å². The van der Waals surface area contributed by atoms with E-state index in [0.29, 0.717) is 36.3 Å². The third kappa shape index (κ3) is 3.73. The Labute approximate surface area is 142 Å². The number of nitrogens with two attached hydrogens (primary N) is 1. The van der Waals surface area contributed by atoms with Crippen molar-refractivity contribution in [3.05, 3.63) is 18.2 Å². The molecule has 7 heteroatoms. The number of ether oxygens (including phenoxy) is 4. The second-order valence-corrected chi connectivity index (χ2v) is 6.09. The van der Waals surface area contributed by atoms with Crippen LogP contribution in [0.4, 0.5) is 5.69 Å². The Hall–Kier alpha value is -1.99. The van der Waals surface area contributed by atoms with Gasteiger partial charge in [-0.3, -0.25) is 4.99 Å². The third-order valence-corrected chi connectivity index (χ3v) is 4.41. The first kappa shape index (κ1) is 16.9. The van der Waals surface area contributed by atoms with E-state index in [0.717, 1.165) is 25.7 Å². The maximum Gasteiger partial charge on any atom is 0.193 e. The maximum absolute atomic E-state index is 6.03. The molecule has 2 fully saturated rings. The molecule has 0 radical (unpaired) electrons. The number of methoxy groups -OCH3 is 2. The molecule has 1 spiro atoms. The highest BCUT2D eigenvalue weighted by atomic mass is 16.7. The lowest BCUT2D eigenvalue weighted by Gasteiger charge is -2.21. The van der Waals surface area contributed by atoms with E-state index < -0.39 is 0 Å². The Bertz CT molecular complexity index is 599. The van der Waals surface area contributed by atoms with Crippen molar-refractivity contribution < 1.29 is 18.9 Å². The third-order valence-electron chi connectivity index (χ3n) is 4.41. The monoisotopic (exact) mass is 335 g/mol. The summed E-state index contributed by atoms with van der Waals surface area (Å²) in [6.45, 7) is 1.03. The van der Waals surface area contributed by atoms with E-state index in [1.165, 1.54) is 0 Å². The molecule has 3 N–H and O–H groups in total. The van der Waals surface area contributed by atoms with Crippen molar-refractivity contribution in [2.45, 2.75) is 37.6 Å². The van der Waals surface area contributed by atoms with E-state index in [-0.39, 0.29) is 11.9 Å². The lowest BCUT2D eigenvalue weighted by molar-refractivity contribution is -0.160. The SMILES string of the molecule is COc1ccc(OC)c(NC(N)=NCC2COC3(CCCC3)O2)c1. The van der Waals surface area contributed by atoms with Crippen LogP contribution in [0.1, 0.15) is 25.7 Å². The number of hydrogen-bond acceptors (Lipinski definition) is 5. The summed E-state index contributed by atoms with van der Waals surface area (Å²) >= 11 is 0. The Kier molecular flexibility index (Phi) is 5.11. The van der Waals surface area contributed by atoms with E-state index in [4.69, 9.17) is 24.7 Å². The summed E-state index contributed by atoms with van der Waals surface area (Å²) in [5.41, 5.74) is 6.69. The van der Waals surface area contributed by atoms with Gasteiger partial charge in [-0.2, -0.15) is 0 Å². The van der Waals surface area contributed by atoms with E-state index in [2.05, 4.69) is 10.3 Å². The largest absolute Gasteiger partial charge is 0.497 e. The molecule has 1 unspecified atom stereocenters. The van der Waals surface area contributed by atoms with Crippen LogP contribution in [0.25, 0.3) is 0 Å². The molecule has 2 aliphatic rings. The highest BCUT2D eigenvalue weighted by Crippen LogP contribution is 2.39. The fraction of sp³-hybridized carbons (Fsp3) is 0.588. The van der Waals surface area contributed by atoms with Gasteiger partial charge in [0, 0.05) is 18.9 Å². The molecule has 24 heavy (non-hydrogen) atoms. The molecule has 7 nitrogen and oxygen atoms in total. The second kappa shape index (κ2) is 7.27. The van der Waals surface area contributed by atoms with Crippen LogP contribution in [0, 0.1) is 0 Å². The first-order valence-corrected chi connectivity index (χ1v) is 8.25. The van der Waals surface area contributed by atoms with Crippen LogP contribution >= 0.6 is 0 Å². The predicted molar refractivity (Wildman–Crippen MR) is 91.7 cm³/mol. The maximum atomic E-state index is 6.03. The predicted octanol–water partition coefficient (Wildman–Crippen LogP) is 2.12. The molecular weight excluding hydrogens is 310 g/mol. The quantitative estimate of drug-likeness (QED) is 0.633. The number of guanidine groups is 1. The number of aliphatic imine (C=N–C) groups is 1. The summed E-state index contributed by atoms with van der Waals surface area (Å²) in [6, 6.07) is 5.44. The smallest absolute Gasteiger partial charge is 0.193 e. The van der Waals surface area contributed by atoms with Gasteiger partial charge < -0.3 is 30.0 Å². The molecule has 0 amide bonds. The normalized spacial score (nSPS) is 22.8. The van der Waals surface area contributed by atoms with Crippen LogP contribution in [-0.2, 0) is 9.47 Å². The number of nitrogens with zero attached hydrogens (tertiary/aromatic N) is 1. The van der Waals surface area contributed by atoms with Crippen molar-refractivity contribution in [3.63, 3.8) is 0 Å². The Morgan fingerprint density at radius 1 is 1.33 bits per heavy atom. The molecule has 1 heterocycles. The van der Waals surface area contributed by atoms with E-state index in [9.17, 15) is 0 Å². The summed E-state index contributed by atoms with van der Waals surface area (Å²) < 4.78 is 22.4. The van der Waals surface area contributed by atoms with Crippen LogP contribution in [-0.4, -0.2) is 45.2 Å². The van der Waals surface area contributed by atoms with Gasteiger partial charge in [-0.25, -0.2) is 0 Å². The fourth-order valence-corrected chi connectivity index (χ4v) is 3.17. The lowest BCUT2D eigenvalue weighted by atomic mass is 10.2. The number of anilines is 1. The van der Waals surface area contributed by atoms with Gasteiger partial charge in [0.25, 0.3) is 0 Å². The average molecular weight is 335 g/mol. The van der Waals surface area contributed by atoms with E-state index >= 15 is 0 Å². The summed E-state index contributed by atoms with van der Waals surface area (Å²) in [4.78, 5) is 4.37. The molecule has 1 atom stereocenters. The molecular formula is C17H25N3O4. The van der Waals surface area contributed by atoms with Crippen molar-refractivity contribution in [2.24, 2.45) is 10.7 Å². The summed E-state index contributed by atoms with van der Waals surface area (Å²) in [5.74, 6) is 1.32. The molecule has 1 aliphatic carbocycles. The zero-order valence-electron chi connectivity index (χ0n) is 14.2. The van der Waals surface area contributed by atoms with Crippen molar-refractivity contribution in [1.82, 2.24) is 0 Å². The molecule has 0 aromatic heterocycles. The first-order valence-electron chi connectivity index (χ1n) is 8.25. The molecule has 1 saturated carbocycles. The second-order valence-electron chi connectivity index (χ2n) is 6.09. The minimum Gasteiger partial charge on any atom is -0.497 e. The molecule has 3 rings (SSSR count). The topological polar surface area (TPSA) is 87.3 Å². The minimum absolute atomic E-state index is 0.0457. The van der Waals surface area contributed by atoms with Crippen LogP contribution in [0.2, 0.25) is 0 Å². The minimum atomic E-state index is -0.363. The van der Waals surface area contributed by atoms with Gasteiger partial charge in [-0.1, -0.05) is 0 Å². The van der Waals surface area contributed by atoms with Crippen LogP contribution in [0.5, 0.6) is 11.5 Å². The van der Waals surface area contributed by atoms with Crippen LogP contribution in [0.15, 0.2) is 23.2 Å². The zero-order chi connectivity index (χ0) is 17.0. The van der Waals surface area contributed by atoms with Gasteiger partial charge in [-0.15, -0.1) is 0 Å².